The smallest absolute Gasteiger partial charge is 0.251 e. The second kappa shape index (κ2) is 8.96. The number of fused-ring (bicyclic) bond motifs is 1. The summed E-state index contributed by atoms with van der Waals surface area (Å²) in [5, 5.41) is 3.95. The number of nitrogens with one attached hydrogen (secondary N) is 2. The molecule has 1 amide bonds. The highest BCUT2D eigenvalue weighted by Crippen LogP contribution is 2.13. The van der Waals surface area contributed by atoms with Gasteiger partial charge in [0.1, 0.15) is 0 Å². The number of hydrogen-bond donors (Lipinski definition) is 2. The summed E-state index contributed by atoms with van der Waals surface area (Å²) in [7, 11) is 0. The van der Waals surface area contributed by atoms with Gasteiger partial charge in [-0.2, -0.15) is 0 Å². The molecule has 0 aliphatic carbocycles. The monoisotopic (exact) mass is 357 g/mol. The zero-order valence-electron chi connectivity index (χ0n) is 15.3. The minimum Gasteiger partial charge on any atom is -0.379 e. The molecule has 0 unspecified atom stereocenters. The van der Waals surface area contributed by atoms with Crippen LogP contribution in [0.4, 0.5) is 0 Å². The van der Waals surface area contributed by atoms with Crippen molar-refractivity contribution in [1.29, 1.82) is 0 Å². The van der Waals surface area contributed by atoms with Crippen LogP contribution < -0.4 is 10.9 Å². The van der Waals surface area contributed by atoms with Crippen LogP contribution in [0.3, 0.4) is 0 Å². The Kier molecular flexibility index (Phi) is 6.41. The first kappa shape index (κ1) is 18.6. The molecule has 0 radical (unpaired) electrons. The maximum absolute atomic E-state index is 12.2. The molecule has 0 saturated carbocycles. The number of pyridine rings is 1. The van der Waals surface area contributed by atoms with E-state index in [-0.39, 0.29) is 11.5 Å². The van der Waals surface area contributed by atoms with Crippen molar-refractivity contribution in [1.82, 2.24) is 15.2 Å². The molecule has 6 heteroatoms. The number of carbonyl (C=O) groups excluding carboxylic acids is 1. The lowest BCUT2D eigenvalue weighted by Crippen LogP contribution is -2.38. The van der Waals surface area contributed by atoms with Gasteiger partial charge in [-0.1, -0.05) is 11.6 Å². The molecule has 0 atom stereocenters. The summed E-state index contributed by atoms with van der Waals surface area (Å²) in [6.45, 7) is 7.21. The van der Waals surface area contributed by atoms with Crippen LogP contribution in [-0.2, 0) is 16.0 Å². The van der Waals surface area contributed by atoms with Gasteiger partial charge >= 0.3 is 0 Å². The number of carbonyl (C=O) groups is 1. The Morgan fingerprint density at radius 1 is 1.27 bits per heavy atom. The van der Waals surface area contributed by atoms with Gasteiger partial charge in [0.05, 0.1) is 13.2 Å². The number of H-pyrrole nitrogens is 1. The number of aromatic amines is 1. The third-order valence-electron chi connectivity index (χ3n) is 4.78. The molecule has 2 heterocycles. The van der Waals surface area contributed by atoms with Gasteiger partial charge in [0.2, 0.25) is 5.91 Å². The van der Waals surface area contributed by atoms with E-state index in [4.69, 9.17) is 4.74 Å². The highest BCUT2D eigenvalue weighted by atomic mass is 16.5. The van der Waals surface area contributed by atoms with Crippen LogP contribution in [0.25, 0.3) is 10.9 Å². The zero-order chi connectivity index (χ0) is 18.4. The molecule has 3 rings (SSSR count). The van der Waals surface area contributed by atoms with Crippen molar-refractivity contribution in [2.45, 2.75) is 26.2 Å². The topological polar surface area (TPSA) is 74.4 Å². The van der Waals surface area contributed by atoms with E-state index < -0.39 is 0 Å². The quantitative estimate of drug-likeness (QED) is 0.739. The summed E-state index contributed by atoms with van der Waals surface area (Å²) in [5.74, 6) is -0.00397. The Labute approximate surface area is 153 Å². The number of aryl methyl sites for hydroxylation is 2. The average molecular weight is 357 g/mol. The van der Waals surface area contributed by atoms with Crippen molar-refractivity contribution < 1.29 is 9.53 Å². The fourth-order valence-electron chi connectivity index (χ4n) is 3.25. The Morgan fingerprint density at radius 3 is 2.88 bits per heavy atom. The van der Waals surface area contributed by atoms with Gasteiger partial charge in [0.15, 0.2) is 0 Å². The second-order valence-electron chi connectivity index (χ2n) is 6.87. The van der Waals surface area contributed by atoms with E-state index in [1.54, 1.807) is 0 Å². The molecule has 1 aliphatic heterocycles. The van der Waals surface area contributed by atoms with Crippen LogP contribution in [0.2, 0.25) is 0 Å². The lowest BCUT2D eigenvalue weighted by Gasteiger charge is -2.26. The van der Waals surface area contributed by atoms with E-state index in [0.717, 1.165) is 55.7 Å². The fourth-order valence-corrected chi connectivity index (χ4v) is 3.25. The molecule has 1 aromatic carbocycles. The number of nitrogens with zero attached hydrogens (tertiary/aromatic N) is 1. The first-order valence-electron chi connectivity index (χ1n) is 9.31. The van der Waals surface area contributed by atoms with Gasteiger partial charge in [-0.15, -0.1) is 0 Å². The van der Waals surface area contributed by atoms with Gasteiger partial charge in [-0.3, -0.25) is 14.5 Å². The van der Waals surface area contributed by atoms with Crippen LogP contribution in [-0.4, -0.2) is 55.2 Å². The molecule has 1 saturated heterocycles. The van der Waals surface area contributed by atoms with Crippen molar-refractivity contribution in [3.63, 3.8) is 0 Å². The Hall–Kier alpha value is -2.18. The molecule has 2 aromatic rings. The summed E-state index contributed by atoms with van der Waals surface area (Å²) in [6, 6.07) is 7.83. The van der Waals surface area contributed by atoms with Gasteiger partial charge < -0.3 is 15.0 Å². The number of amides is 1. The lowest BCUT2D eigenvalue weighted by molar-refractivity contribution is -0.121. The molecule has 26 heavy (non-hydrogen) atoms. The lowest BCUT2D eigenvalue weighted by atomic mass is 10.1. The Bertz CT molecular complexity index is 810. The third kappa shape index (κ3) is 5.16. The number of ether oxygens (including phenoxy) is 1. The van der Waals surface area contributed by atoms with Crippen molar-refractivity contribution >= 4 is 16.8 Å². The molecule has 1 fully saturated rings. The molecular formula is C20H27N3O3. The van der Waals surface area contributed by atoms with Crippen LogP contribution in [0.5, 0.6) is 0 Å². The predicted molar refractivity (Wildman–Crippen MR) is 103 cm³/mol. The average Bonchev–Trinajstić information content (AvgIpc) is 2.65. The van der Waals surface area contributed by atoms with Crippen LogP contribution in [0.1, 0.15) is 24.0 Å². The molecule has 140 valence electrons. The first-order valence-corrected chi connectivity index (χ1v) is 9.31. The zero-order valence-corrected chi connectivity index (χ0v) is 15.3. The third-order valence-corrected chi connectivity index (χ3v) is 4.78. The largest absolute Gasteiger partial charge is 0.379 e. The highest BCUT2D eigenvalue weighted by molar-refractivity contribution is 5.80. The number of aromatic nitrogens is 1. The van der Waals surface area contributed by atoms with E-state index in [9.17, 15) is 9.59 Å². The summed E-state index contributed by atoms with van der Waals surface area (Å²) in [4.78, 5) is 29.5. The van der Waals surface area contributed by atoms with Crippen LogP contribution in [0.15, 0.2) is 29.1 Å². The van der Waals surface area contributed by atoms with Crippen molar-refractivity contribution in [3.8, 4) is 0 Å². The van der Waals surface area contributed by atoms with E-state index in [2.05, 4.69) is 15.2 Å². The van der Waals surface area contributed by atoms with Gasteiger partial charge in [0, 0.05) is 37.1 Å². The molecule has 0 spiro atoms. The molecule has 2 N–H and O–H groups in total. The molecule has 0 bridgehead atoms. The van der Waals surface area contributed by atoms with Gasteiger partial charge in [0.25, 0.3) is 5.56 Å². The molecule has 6 nitrogen and oxygen atoms in total. The molecular weight excluding hydrogens is 330 g/mol. The highest BCUT2D eigenvalue weighted by Gasteiger charge is 2.10. The molecule has 1 aromatic heterocycles. The number of hydrogen-bond acceptors (Lipinski definition) is 4. The predicted octanol–water partition coefficient (Wildman–Crippen LogP) is 1.61. The Morgan fingerprint density at radius 2 is 2.08 bits per heavy atom. The van der Waals surface area contributed by atoms with Crippen molar-refractivity contribution in [2.24, 2.45) is 0 Å². The van der Waals surface area contributed by atoms with Gasteiger partial charge in [-0.05, 0) is 49.9 Å². The maximum atomic E-state index is 12.2. The SMILES string of the molecule is Cc1ccc2[nH]c(=O)c(CCC(=O)NCCCN3CCOCC3)cc2c1. The fraction of sp³-hybridized carbons (Fsp3) is 0.500. The van der Waals surface area contributed by atoms with E-state index in [1.165, 1.54) is 0 Å². The minimum atomic E-state index is -0.110. The van der Waals surface area contributed by atoms with E-state index in [1.807, 2.05) is 31.2 Å². The summed E-state index contributed by atoms with van der Waals surface area (Å²) < 4.78 is 5.32. The number of morpholine rings is 1. The van der Waals surface area contributed by atoms with Crippen LogP contribution >= 0.6 is 0 Å². The molecule has 1 aliphatic rings. The first-order chi connectivity index (χ1) is 12.6. The van der Waals surface area contributed by atoms with Crippen molar-refractivity contribution in [3.05, 3.63) is 45.7 Å². The minimum absolute atomic E-state index is 0.00397. The standard InChI is InChI=1S/C20H27N3O3/c1-15-3-5-18-17(13-15)14-16(20(25)22-18)4-6-19(24)21-7-2-8-23-9-11-26-12-10-23/h3,5,13-14H,2,4,6-12H2,1H3,(H,21,24)(H,22,25). The summed E-state index contributed by atoms with van der Waals surface area (Å²) in [5.41, 5.74) is 2.53. The second-order valence-corrected chi connectivity index (χ2v) is 6.87. The summed E-state index contributed by atoms with van der Waals surface area (Å²) >= 11 is 0. The van der Waals surface area contributed by atoms with E-state index >= 15 is 0 Å². The normalized spacial score (nSPS) is 15.3. The summed E-state index contributed by atoms with van der Waals surface area (Å²) in [6.07, 6.45) is 1.72. The van der Waals surface area contributed by atoms with E-state index in [0.29, 0.717) is 24.9 Å². The number of rotatable bonds is 7. The van der Waals surface area contributed by atoms with Gasteiger partial charge in [-0.25, -0.2) is 0 Å². The van der Waals surface area contributed by atoms with Crippen LogP contribution in [0, 0.1) is 6.92 Å². The maximum Gasteiger partial charge on any atom is 0.251 e. The Balaban J connectivity index is 1.44. The number of benzene rings is 1. The van der Waals surface area contributed by atoms with Crippen molar-refractivity contribution in [2.75, 3.05) is 39.4 Å².